The van der Waals surface area contributed by atoms with E-state index in [1.54, 1.807) is 6.26 Å². The highest BCUT2D eigenvalue weighted by Crippen LogP contribution is 2.23. The molecule has 0 aliphatic rings. The van der Waals surface area contributed by atoms with Crippen LogP contribution < -0.4 is 10.2 Å². The molecule has 2 aromatic carbocycles. The zero-order valence-electron chi connectivity index (χ0n) is 16.2. The number of amides is 1. The zero-order chi connectivity index (χ0) is 20.9. The van der Waals surface area contributed by atoms with Crippen LogP contribution in [0.5, 0.6) is 0 Å². The van der Waals surface area contributed by atoms with E-state index in [2.05, 4.69) is 20.4 Å². The van der Waals surface area contributed by atoms with Crippen molar-refractivity contribution >= 4 is 28.6 Å². The second-order valence-electron chi connectivity index (χ2n) is 6.73. The lowest BCUT2D eigenvalue weighted by Gasteiger charge is -2.22. The van der Waals surface area contributed by atoms with Gasteiger partial charge < -0.3 is 14.6 Å². The zero-order valence-corrected chi connectivity index (χ0v) is 17.0. The largest absolute Gasteiger partial charge is 0.467 e. The molecule has 0 aliphatic heterocycles. The van der Waals surface area contributed by atoms with E-state index in [9.17, 15) is 9.18 Å². The number of benzene rings is 2. The summed E-state index contributed by atoms with van der Waals surface area (Å²) in [5.41, 5.74) is 2.69. The highest BCUT2D eigenvalue weighted by atomic mass is 32.1. The van der Waals surface area contributed by atoms with E-state index in [4.69, 9.17) is 4.42 Å². The minimum atomic E-state index is -0.377. The predicted molar refractivity (Wildman–Crippen MR) is 114 cm³/mol. The van der Waals surface area contributed by atoms with Gasteiger partial charge in [0.25, 0.3) is 5.91 Å². The molecule has 0 fully saturated rings. The van der Waals surface area contributed by atoms with E-state index in [1.807, 2.05) is 43.3 Å². The highest BCUT2D eigenvalue weighted by Gasteiger charge is 2.17. The van der Waals surface area contributed by atoms with Crippen molar-refractivity contribution in [3.8, 4) is 0 Å². The van der Waals surface area contributed by atoms with E-state index < -0.39 is 0 Å². The topological polar surface area (TPSA) is 71.3 Å². The fraction of sp³-hybridized carbons (Fsp3) is 0.136. The maximum Gasteiger partial charge on any atom is 0.286 e. The van der Waals surface area contributed by atoms with Gasteiger partial charge in [-0.1, -0.05) is 29.0 Å². The lowest BCUT2D eigenvalue weighted by atomic mass is 10.2. The normalized spacial score (nSPS) is 10.7. The first-order chi connectivity index (χ1) is 14.6. The Balaban J connectivity index is 1.49. The summed E-state index contributed by atoms with van der Waals surface area (Å²) in [5.74, 6) is 0.0894. The summed E-state index contributed by atoms with van der Waals surface area (Å²) in [6.45, 7) is 3.08. The molecular weight excluding hydrogens is 403 g/mol. The third-order valence-corrected chi connectivity index (χ3v) is 5.32. The van der Waals surface area contributed by atoms with E-state index in [0.717, 1.165) is 11.4 Å². The number of aromatic nitrogens is 2. The molecule has 0 saturated carbocycles. The SMILES string of the molecule is Cc1ccc(N(Cc2ccco2)Cc2nnc(C(=O)Nc3ccc(F)cc3)s2)cc1. The summed E-state index contributed by atoms with van der Waals surface area (Å²) in [4.78, 5) is 14.5. The first-order valence-corrected chi connectivity index (χ1v) is 10.1. The number of aryl methyl sites for hydroxylation is 1. The highest BCUT2D eigenvalue weighted by molar-refractivity contribution is 7.13. The second-order valence-corrected chi connectivity index (χ2v) is 7.80. The van der Waals surface area contributed by atoms with Crippen LogP contribution in [0.1, 0.15) is 26.1 Å². The van der Waals surface area contributed by atoms with Gasteiger partial charge in [-0.3, -0.25) is 4.79 Å². The number of nitrogens with one attached hydrogen (secondary N) is 1. The first kappa shape index (κ1) is 19.8. The summed E-state index contributed by atoms with van der Waals surface area (Å²) in [6, 6.07) is 17.5. The van der Waals surface area contributed by atoms with Gasteiger partial charge in [0.1, 0.15) is 16.6 Å². The van der Waals surface area contributed by atoms with E-state index in [0.29, 0.717) is 23.8 Å². The Labute approximate surface area is 177 Å². The number of rotatable bonds is 7. The molecule has 8 heteroatoms. The molecule has 0 aliphatic carbocycles. The molecule has 6 nitrogen and oxygen atoms in total. The third-order valence-electron chi connectivity index (χ3n) is 4.42. The van der Waals surface area contributed by atoms with Gasteiger partial charge in [-0.2, -0.15) is 0 Å². The van der Waals surface area contributed by atoms with Crippen molar-refractivity contribution in [2.75, 3.05) is 10.2 Å². The summed E-state index contributed by atoms with van der Waals surface area (Å²) >= 11 is 1.22. The van der Waals surface area contributed by atoms with Crippen LogP contribution in [0.4, 0.5) is 15.8 Å². The molecule has 0 bridgehead atoms. The lowest BCUT2D eigenvalue weighted by Crippen LogP contribution is -2.21. The quantitative estimate of drug-likeness (QED) is 0.452. The number of hydrogen-bond donors (Lipinski definition) is 1. The summed E-state index contributed by atoms with van der Waals surface area (Å²) < 4.78 is 18.5. The third kappa shape index (κ3) is 4.90. The maximum absolute atomic E-state index is 13.0. The number of furan rings is 1. The lowest BCUT2D eigenvalue weighted by molar-refractivity contribution is 0.102. The molecule has 0 radical (unpaired) electrons. The Morgan fingerprint density at radius 2 is 1.83 bits per heavy atom. The molecular formula is C22H19FN4O2S. The smallest absolute Gasteiger partial charge is 0.286 e. The fourth-order valence-corrected chi connectivity index (χ4v) is 3.63. The number of carbonyl (C=O) groups excluding carboxylic acids is 1. The van der Waals surface area contributed by atoms with Gasteiger partial charge in [0.05, 0.1) is 19.4 Å². The van der Waals surface area contributed by atoms with Crippen LogP contribution in [-0.4, -0.2) is 16.1 Å². The molecule has 1 amide bonds. The molecule has 4 aromatic rings. The molecule has 2 heterocycles. The van der Waals surface area contributed by atoms with Gasteiger partial charge in [0, 0.05) is 11.4 Å². The van der Waals surface area contributed by atoms with Crippen molar-refractivity contribution < 1.29 is 13.6 Å². The van der Waals surface area contributed by atoms with Crippen LogP contribution in [-0.2, 0) is 13.1 Å². The molecule has 0 saturated heterocycles. The predicted octanol–water partition coefficient (Wildman–Crippen LogP) is 5.04. The minimum absolute atomic E-state index is 0.246. The second kappa shape index (κ2) is 8.87. The van der Waals surface area contributed by atoms with E-state index in [1.165, 1.54) is 41.2 Å². The van der Waals surface area contributed by atoms with Crippen molar-refractivity contribution in [1.82, 2.24) is 10.2 Å². The van der Waals surface area contributed by atoms with Crippen LogP contribution in [0.15, 0.2) is 71.3 Å². The molecule has 0 atom stereocenters. The molecule has 30 heavy (non-hydrogen) atoms. The summed E-state index contributed by atoms with van der Waals surface area (Å²) in [6.07, 6.45) is 1.64. The average Bonchev–Trinajstić information content (AvgIpc) is 3.42. The Hall–Kier alpha value is -3.52. The van der Waals surface area contributed by atoms with Crippen LogP contribution in [0.25, 0.3) is 0 Å². The Kier molecular flexibility index (Phi) is 5.85. The number of hydrogen-bond acceptors (Lipinski definition) is 6. The van der Waals surface area contributed by atoms with Gasteiger partial charge in [-0.25, -0.2) is 4.39 Å². The van der Waals surface area contributed by atoms with Gasteiger partial charge in [-0.05, 0) is 55.5 Å². The van der Waals surface area contributed by atoms with Crippen LogP contribution in [0.3, 0.4) is 0 Å². The fourth-order valence-electron chi connectivity index (χ4n) is 2.88. The van der Waals surface area contributed by atoms with Crippen molar-refractivity contribution in [2.45, 2.75) is 20.0 Å². The summed E-state index contributed by atoms with van der Waals surface area (Å²) in [5, 5.41) is 11.8. The standard InChI is InChI=1S/C22H19FN4O2S/c1-15-4-10-18(11-5-15)27(13-19-3-2-12-29-19)14-20-25-26-22(30-20)21(28)24-17-8-6-16(23)7-9-17/h2-12H,13-14H2,1H3,(H,24,28). The Bertz CT molecular complexity index is 1110. The van der Waals surface area contributed by atoms with E-state index >= 15 is 0 Å². The molecule has 152 valence electrons. The monoisotopic (exact) mass is 422 g/mol. The van der Waals surface area contributed by atoms with Gasteiger partial charge in [-0.15, -0.1) is 10.2 Å². The minimum Gasteiger partial charge on any atom is -0.467 e. The molecule has 1 N–H and O–H groups in total. The van der Waals surface area contributed by atoms with Gasteiger partial charge in [0.2, 0.25) is 5.01 Å². The molecule has 2 aromatic heterocycles. The molecule has 0 spiro atoms. The van der Waals surface area contributed by atoms with Crippen LogP contribution >= 0.6 is 11.3 Å². The van der Waals surface area contributed by atoms with Crippen LogP contribution in [0, 0.1) is 12.7 Å². The molecule has 0 unspecified atom stereocenters. The van der Waals surface area contributed by atoms with Crippen molar-refractivity contribution in [1.29, 1.82) is 0 Å². The first-order valence-electron chi connectivity index (χ1n) is 9.30. The van der Waals surface area contributed by atoms with Crippen molar-refractivity contribution in [2.24, 2.45) is 0 Å². The average molecular weight is 422 g/mol. The van der Waals surface area contributed by atoms with Crippen LogP contribution in [0.2, 0.25) is 0 Å². The van der Waals surface area contributed by atoms with Crippen molar-refractivity contribution in [3.63, 3.8) is 0 Å². The Morgan fingerprint density at radius 3 is 2.53 bits per heavy atom. The molecule has 4 rings (SSSR count). The summed E-state index contributed by atoms with van der Waals surface area (Å²) in [7, 11) is 0. The van der Waals surface area contributed by atoms with Gasteiger partial charge >= 0.3 is 0 Å². The van der Waals surface area contributed by atoms with E-state index in [-0.39, 0.29) is 16.7 Å². The number of anilines is 2. The van der Waals surface area contributed by atoms with Crippen molar-refractivity contribution in [3.05, 3.63) is 94.1 Å². The number of halogens is 1. The number of carbonyl (C=O) groups is 1. The number of nitrogens with zero attached hydrogens (tertiary/aromatic N) is 3. The Morgan fingerprint density at radius 1 is 1.07 bits per heavy atom. The maximum atomic E-state index is 13.0. The van der Waals surface area contributed by atoms with Gasteiger partial charge in [0.15, 0.2) is 0 Å².